The van der Waals surface area contributed by atoms with Crippen molar-refractivity contribution in [3.63, 3.8) is 0 Å². The average Bonchev–Trinajstić information content (AvgIpc) is 2.41. The molecule has 0 saturated heterocycles. The number of hydrogen-bond donors (Lipinski definition) is 3. The van der Waals surface area contributed by atoms with Gasteiger partial charge in [-0.3, -0.25) is 4.79 Å². The molecule has 1 aliphatic rings. The van der Waals surface area contributed by atoms with Gasteiger partial charge >= 0.3 is 0 Å². The summed E-state index contributed by atoms with van der Waals surface area (Å²) < 4.78 is 0. The van der Waals surface area contributed by atoms with E-state index in [9.17, 15) is 4.79 Å². The van der Waals surface area contributed by atoms with Crippen molar-refractivity contribution in [3.05, 3.63) is 18.2 Å². The van der Waals surface area contributed by atoms with E-state index in [1.165, 1.54) is 11.8 Å². The van der Waals surface area contributed by atoms with Crippen molar-refractivity contribution < 1.29 is 9.90 Å². The zero-order valence-electron chi connectivity index (χ0n) is 10.2. The maximum Gasteiger partial charge on any atom is 0.237 e. The van der Waals surface area contributed by atoms with Gasteiger partial charge in [0.15, 0.2) is 0 Å². The maximum atomic E-state index is 12.0. The van der Waals surface area contributed by atoms with E-state index in [2.05, 4.69) is 5.32 Å². The van der Waals surface area contributed by atoms with Crippen LogP contribution >= 0.6 is 11.8 Å². The molecule has 18 heavy (non-hydrogen) atoms. The number of amides is 1. The number of thioether (sulfide) groups is 1. The summed E-state index contributed by atoms with van der Waals surface area (Å²) >= 11 is 1.53. The number of carbonyl (C=O) groups excluding carboxylic acids is 1. The summed E-state index contributed by atoms with van der Waals surface area (Å²) in [6.45, 7) is 0.216. The Morgan fingerprint density at radius 1 is 1.61 bits per heavy atom. The molecule has 2 rings (SSSR count). The summed E-state index contributed by atoms with van der Waals surface area (Å²) in [6, 6.07) is 5.49. The van der Waals surface area contributed by atoms with Crippen molar-refractivity contribution in [2.75, 3.05) is 36.2 Å². The monoisotopic (exact) mass is 267 g/mol. The predicted octanol–water partition coefficient (Wildman–Crippen LogP) is 0.487. The van der Waals surface area contributed by atoms with Crippen LogP contribution in [0.4, 0.5) is 11.4 Å². The average molecular weight is 267 g/mol. The van der Waals surface area contributed by atoms with Crippen LogP contribution in [0.3, 0.4) is 0 Å². The number of anilines is 2. The third-order valence-corrected chi connectivity index (χ3v) is 3.89. The summed E-state index contributed by atoms with van der Waals surface area (Å²) in [4.78, 5) is 14.7. The fraction of sp³-hybridized carbons (Fsp3) is 0.417. The van der Waals surface area contributed by atoms with Crippen molar-refractivity contribution in [1.29, 1.82) is 0 Å². The number of aliphatic hydroxyl groups is 1. The summed E-state index contributed by atoms with van der Waals surface area (Å²) in [5.74, 6) is 0.453. The lowest BCUT2D eigenvalue weighted by atomic mass is 10.2. The Balaban J connectivity index is 2.32. The van der Waals surface area contributed by atoms with Gasteiger partial charge in [-0.15, -0.1) is 11.8 Å². The molecule has 98 valence electrons. The van der Waals surface area contributed by atoms with E-state index in [-0.39, 0.29) is 12.5 Å². The second kappa shape index (κ2) is 5.60. The minimum Gasteiger partial charge on any atom is -0.395 e. The van der Waals surface area contributed by atoms with Gasteiger partial charge in [0, 0.05) is 30.2 Å². The van der Waals surface area contributed by atoms with E-state index in [4.69, 9.17) is 10.8 Å². The highest BCUT2D eigenvalue weighted by molar-refractivity contribution is 8.00. The fourth-order valence-electron chi connectivity index (χ4n) is 1.85. The fourth-order valence-corrected chi connectivity index (χ4v) is 2.77. The lowest BCUT2D eigenvalue weighted by Gasteiger charge is -2.31. The van der Waals surface area contributed by atoms with Crippen LogP contribution in [0.1, 0.15) is 0 Å². The van der Waals surface area contributed by atoms with E-state index >= 15 is 0 Å². The summed E-state index contributed by atoms with van der Waals surface area (Å²) in [6.07, 6.45) is 0. The molecule has 0 saturated carbocycles. The van der Waals surface area contributed by atoms with Gasteiger partial charge in [-0.1, -0.05) is 0 Å². The van der Waals surface area contributed by atoms with Crippen molar-refractivity contribution in [2.45, 2.75) is 10.9 Å². The first-order valence-electron chi connectivity index (χ1n) is 5.77. The number of carbonyl (C=O) groups is 1. The first-order valence-corrected chi connectivity index (χ1v) is 6.75. The molecule has 1 atom stereocenters. The molecule has 0 aliphatic carbocycles. The van der Waals surface area contributed by atoms with Crippen LogP contribution in [0.15, 0.2) is 23.1 Å². The molecule has 0 fully saturated rings. The van der Waals surface area contributed by atoms with Gasteiger partial charge in [0.25, 0.3) is 0 Å². The Morgan fingerprint density at radius 2 is 2.39 bits per heavy atom. The first-order chi connectivity index (χ1) is 8.65. The van der Waals surface area contributed by atoms with Crippen LogP contribution in [0.2, 0.25) is 0 Å². The van der Waals surface area contributed by atoms with Crippen LogP contribution in [-0.4, -0.2) is 43.0 Å². The Hall–Kier alpha value is -1.24. The molecule has 1 amide bonds. The Morgan fingerprint density at radius 3 is 3.06 bits per heavy atom. The molecule has 0 bridgehead atoms. The summed E-state index contributed by atoms with van der Waals surface area (Å²) in [5, 5.41) is 12.1. The van der Waals surface area contributed by atoms with Crippen molar-refractivity contribution in [2.24, 2.45) is 5.73 Å². The molecule has 0 radical (unpaired) electrons. The Labute approximate surface area is 110 Å². The molecule has 0 spiro atoms. The standard InChI is InChI=1S/C12H17N3O2S/c1-14-9-2-3-11-10(4-9)15(5-8(13)6-16)12(17)7-18-11/h2-4,8,14,16H,5-7,13H2,1H3. The summed E-state index contributed by atoms with van der Waals surface area (Å²) in [5.41, 5.74) is 7.55. The predicted molar refractivity (Wildman–Crippen MR) is 74.1 cm³/mol. The molecule has 6 heteroatoms. The third kappa shape index (κ3) is 2.60. The van der Waals surface area contributed by atoms with Gasteiger partial charge in [0.2, 0.25) is 5.91 Å². The van der Waals surface area contributed by atoms with E-state index in [0.717, 1.165) is 16.3 Å². The van der Waals surface area contributed by atoms with Gasteiger partial charge in [-0.05, 0) is 18.2 Å². The van der Waals surface area contributed by atoms with E-state index in [0.29, 0.717) is 12.3 Å². The van der Waals surface area contributed by atoms with Crippen LogP contribution < -0.4 is 16.0 Å². The number of hydrogen-bond acceptors (Lipinski definition) is 5. The third-order valence-electron chi connectivity index (χ3n) is 2.84. The Bertz CT molecular complexity index is 453. The van der Waals surface area contributed by atoms with Gasteiger partial charge in [-0.25, -0.2) is 0 Å². The van der Waals surface area contributed by atoms with Gasteiger partial charge in [0.05, 0.1) is 18.0 Å². The maximum absolute atomic E-state index is 12.0. The number of aliphatic hydroxyl groups excluding tert-OH is 1. The van der Waals surface area contributed by atoms with Crippen LogP contribution in [0, 0.1) is 0 Å². The molecule has 0 aromatic heterocycles. The number of benzene rings is 1. The number of nitrogens with one attached hydrogen (secondary N) is 1. The zero-order chi connectivity index (χ0) is 13.1. The van der Waals surface area contributed by atoms with Gasteiger partial charge < -0.3 is 21.1 Å². The molecule has 1 unspecified atom stereocenters. The molecule has 4 N–H and O–H groups in total. The van der Waals surface area contributed by atoms with E-state index < -0.39 is 6.04 Å². The topological polar surface area (TPSA) is 78.6 Å². The second-order valence-electron chi connectivity index (χ2n) is 4.17. The van der Waals surface area contributed by atoms with E-state index in [1.54, 1.807) is 4.90 Å². The van der Waals surface area contributed by atoms with Gasteiger partial charge in [0.1, 0.15) is 0 Å². The highest BCUT2D eigenvalue weighted by atomic mass is 32.2. The lowest BCUT2D eigenvalue weighted by molar-refractivity contribution is -0.116. The Kier molecular flexibility index (Phi) is 4.11. The highest BCUT2D eigenvalue weighted by Crippen LogP contribution is 2.37. The second-order valence-corrected chi connectivity index (χ2v) is 5.19. The first kappa shape index (κ1) is 13.2. The number of rotatable bonds is 4. The molecule has 1 aliphatic heterocycles. The molecule has 1 heterocycles. The minimum absolute atomic E-state index is 0.0321. The number of nitrogens with zero attached hydrogens (tertiary/aromatic N) is 1. The van der Waals surface area contributed by atoms with Crippen LogP contribution in [0.5, 0.6) is 0 Å². The highest BCUT2D eigenvalue weighted by Gasteiger charge is 2.26. The minimum atomic E-state index is -0.414. The quantitative estimate of drug-likeness (QED) is 0.740. The SMILES string of the molecule is CNc1ccc2c(c1)N(CC(N)CO)C(=O)CS2. The molecular weight excluding hydrogens is 250 g/mol. The van der Waals surface area contributed by atoms with Crippen molar-refractivity contribution >= 4 is 29.0 Å². The van der Waals surface area contributed by atoms with Crippen LogP contribution in [0.25, 0.3) is 0 Å². The van der Waals surface area contributed by atoms with Crippen molar-refractivity contribution in [1.82, 2.24) is 0 Å². The smallest absolute Gasteiger partial charge is 0.237 e. The molecule has 1 aromatic rings. The van der Waals surface area contributed by atoms with Gasteiger partial charge in [-0.2, -0.15) is 0 Å². The van der Waals surface area contributed by atoms with E-state index in [1.807, 2.05) is 25.2 Å². The molecular formula is C12H17N3O2S. The number of nitrogens with two attached hydrogens (primary N) is 1. The van der Waals surface area contributed by atoms with Crippen molar-refractivity contribution in [3.8, 4) is 0 Å². The molecule has 5 nitrogen and oxygen atoms in total. The summed E-state index contributed by atoms with van der Waals surface area (Å²) in [7, 11) is 1.84. The normalized spacial score (nSPS) is 16.4. The molecule has 1 aromatic carbocycles. The zero-order valence-corrected chi connectivity index (χ0v) is 11.0. The largest absolute Gasteiger partial charge is 0.395 e. The lowest BCUT2D eigenvalue weighted by Crippen LogP contribution is -2.45. The number of fused-ring (bicyclic) bond motifs is 1. The van der Waals surface area contributed by atoms with Crippen LogP contribution in [-0.2, 0) is 4.79 Å².